The molecule has 134 valence electrons. The molecule has 3 nitrogen and oxygen atoms in total. The highest BCUT2D eigenvalue weighted by atomic mass is 35.5. The Kier molecular flexibility index (Phi) is 7.88. The number of carbonyl (C=O) groups is 1. The van der Waals surface area contributed by atoms with E-state index in [0.29, 0.717) is 22.3 Å². The molecule has 1 atom stereocenters. The third-order valence-electron chi connectivity index (χ3n) is 3.31. The Morgan fingerprint density at radius 2 is 1.96 bits per heavy atom. The van der Waals surface area contributed by atoms with Gasteiger partial charge in [0.15, 0.2) is 6.10 Å². The van der Waals surface area contributed by atoms with Crippen LogP contribution in [0.3, 0.4) is 0 Å². The van der Waals surface area contributed by atoms with E-state index in [4.69, 9.17) is 27.9 Å². The molecule has 1 N–H and O–H groups in total. The molecule has 0 spiro atoms. The summed E-state index contributed by atoms with van der Waals surface area (Å²) in [5.41, 5.74) is 1.01. The van der Waals surface area contributed by atoms with E-state index in [1.165, 1.54) is 24.3 Å². The summed E-state index contributed by atoms with van der Waals surface area (Å²) < 4.78 is 18.3. The molecule has 2 aromatic rings. The number of hydrogen-bond donors (Lipinski definition) is 1. The van der Waals surface area contributed by atoms with Gasteiger partial charge < -0.3 is 10.1 Å². The molecule has 0 fully saturated rings. The van der Waals surface area contributed by atoms with Crippen LogP contribution in [-0.4, -0.2) is 24.3 Å². The molecule has 0 bridgehead atoms. The van der Waals surface area contributed by atoms with E-state index in [-0.39, 0.29) is 11.7 Å². The summed E-state index contributed by atoms with van der Waals surface area (Å²) in [5.74, 6) is 1.38. The summed E-state index contributed by atoms with van der Waals surface area (Å²) in [4.78, 5) is 12.0. The summed E-state index contributed by atoms with van der Waals surface area (Å²) in [6.45, 7) is 2.17. The average molecular weight is 402 g/mol. The van der Waals surface area contributed by atoms with Gasteiger partial charge in [0.2, 0.25) is 0 Å². The Hall–Kier alpha value is -1.43. The Morgan fingerprint density at radius 3 is 2.64 bits per heavy atom. The van der Waals surface area contributed by atoms with Crippen molar-refractivity contribution >= 4 is 40.9 Å². The van der Waals surface area contributed by atoms with Crippen LogP contribution in [0.2, 0.25) is 10.0 Å². The predicted molar refractivity (Wildman–Crippen MR) is 102 cm³/mol. The fraction of sp³-hybridized carbons (Fsp3) is 0.278. The third kappa shape index (κ3) is 6.77. The molecule has 0 saturated carbocycles. The zero-order chi connectivity index (χ0) is 18.2. The van der Waals surface area contributed by atoms with Gasteiger partial charge in [-0.15, -0.1) is 0 Å². The van der Waals surface area contributed by atoms with Crippen LogP contribution >= 0.6 is 35.0 Å². The summed E-state index contributed by atoms with van der Waals surface area (Å²) in [5, 5.41) is 4.07. The molecule has 0 aliphatic heterocycles. The highest BCUT2D eigenvalue weighted by Crippen LogP contribution is 2.24. The molecule has 0 heterocycles. The van der Waals surface area contributed by atoms with E-state index in [2.05, 4.69) is 5.32 Å². The van der Waals surface area contributed by atoms with E-state index in [1.807, 2.05) is 6.07 Å². The number of nitrogens with one attached hydrogen (secondary N) is 1. The first-order chi connectivity index (χ1) is 12.0. The maximum atomic E-state index is 12.8. The van der Waals surface area contributed by atoms with Crippen LogP contribution in [0.25, 0.3) is 0 Å². The van der Waals surface area contributed by atoms with Crippen molar-refractivity contribution in [2.24, 2.45) is 0 Å². The predicted octanol–water partition coefficient (Wildman–Crippen LogP) is 4.95. The highest BCUT2D eigenvalue weighted by Gasteiger charge is 2.14. The lowest BCUT2D eigenvalue weighted by molar-refractivity contribution is -0.127. The van der Waals surface area contributed by atoms with Crippen molar-refractivity contribution in [1.29, 1.82) is 0 Å². The maximum absolute atomic E-state index is 12.8. The van der Waals surface area contributed by atoms with Gasteiger partial charge in [0.1, 0.15) is 11.6 Å². The molecule has 0 aliphatic carbocycles. The summed E-state index contributed by atoms with van der Waals surface area (Å²) in [7, 11) is 0. The number of amides is 1. The van der Waals surface area contributed by atoms with E-state index in [1.54, 1.807) is 30.8 Å². The monoisotopic (exact) mass is 401 g/mol. The van der Waals surface area contributed by atoms with Gasteiger partial charge in [-0.1, -0.05) is 29.3 Å². The molecule has 0 aromatic heterocycles. The Morgan fingerprint density at radius 1 is 1.24 bits per heavy atom. The smallest absolute Gasteiger partial charge is 0.260 e. The fourth-order valence-electron chi connectivity index (χ4n) is 1.98. The first-order valence-electron chi connectivity index (χ1n) is 7.67. The number of ether oxygens (including phenoxy) is 1. The van der Waals surface area contributed by atoms with E-state index >= 15 is 0 Å². The van der Waals surface area contributed by atoms with Crippen molar-refractivity contribution in [1.82, 2.24) is 5.32 Å². The molecule has 25 heavy (non-hydrogen) atoms. The van der Waals surface area contributed by atoms with Crippen LogP contribution in [0, 0.1) is 5.82 Å². The molecule has 0 radical (unpaired) electrons. The standard InChI is InChI=1S/C18H18Cl2FNO2S/c1-12(24-16-6-4-15(21)5-7-16)18(23)22-8-9-25-11-13-2-3-14(19)10-17(13)20/h2-7,10,12H,8-9,11H2,1H3,(H,22,23). The number of thioether (sulfide) groups is 1. The minimum Gasteiger partial charge on any atom is -0.481 e. The minimum absolute atomic E-state index is 0.213. The van der Waals surface area contributed by atoms with Gasteiger partial charge in [0.25, 0.3) is 5.91 Å². The molecule has 2 aromatic carbocycles. The number of halogens is 3. The molecule has 1 unspecified atom stereocenters. The van der Waals surface area contributed by atoms with Crippen LogP contribution in [0.15, 0.2) is 42.5 Å². The SMILES string of the molecule is CC(Oc1ccc(F)cc1)C(=O)NCCSCc1ccc(Cl)cc1Cl. The summed E-state index contributed by atoms with van der Waals surface area (Å²) in [6.07, 6.45) is -0.652. The second kappa shape index (κ2) is 9.90. The normalized spacial score (nSPS) is 11.8. The Bertz CT molecular complexity index is 713. The first-order valence-corrected chi connectivity index (χ1v) is 9.58. The van der Waals surface area contributed by atoms with E-state index < -0.39 is 6.10 Å². The maximum Gasteiger partial charge on any atom is 0.260 e. The molecular weight excluding hydrogens is 384 g/mol. The number of hydrogen-bond acceptors (Lipinski definition) is 3. The Balaban J connectivity index is 1.66. The van der Waals surface area contributed by atoms with Gasteiger partial charge in [-0.2, -0.15) is 11.8 Å². The van der Waals surface area contributed by atoms with Crippen molar-refractivity contribution < 1.29 is 13.9 Å². The van der Waals surface area contributed by atoms with Crippen molar-refractivity contribution in [3.05, 3.63) is 63.9 Å². The van der Waals surface area contributed by atoms with Crippen LogP contribution < -0.4 is 10.1 Å². The quantitative estimate of drug-likeness (QED) is 0.635. The molecule has 0 saturated heterocycles. The van der Waals surface area contributed by atoms with Crippen LogP contribution in [0.1, 0.15) is 12.5 Å². The summed E-state index contributed by atoms with van der Waals surface area (Å²) >= 11 is 13.6. The van der Waals surface area contributed by atoms with E-state index in [9.17, 15) is 9.18 Å². The lowest BCUT2D eigenvalue weighted by Crippen LogP contribution is -2.37. The average Bonchev–Trinajstić information content (AvgIpc) is 2.58. The molecule has 1 amide bonds. The van der Waals surface area contributed by atoms with Crippen molar-refractivity contribution in [3.8, 4) is 5.75 Å². The molecule has 2 rings (SSSR count). The van der Waals surface area contributed by atoms with E-state index in [0.717, 1.165) is 17.1 Å². The molecular formula is C18H18Cl2FNO2S. The van der Waals surface area contributed by atoms with Crippen molar-refractivity contribution in [2.45, 2.75) is 18.8 Å². The van der Waals surface area contributed by atoms with Gasteiger partial charge in [0.05, 0.1) is 0 Å². The third-order valence-corrected chi connectivity index (χ3v) is 4.91. The minimum atomic E-state index is -0.652. The van der Waals surface area contributed by atoms with Gasteiger partial charge in [-0.3, -0.25) is 4.79 Å². The second-order valence-electron chi connectivity index (χ2n) is 5.29. The lowest BCUT2D eigenvalue weighted by Gasteiger charge is -2.14. The summed E-state index contributed by atoms with van der Waals surface area (Å²) in [6, 6.07) is 11.0. The first kappa shape index (κ1) is 19.9. The molecule has 0 aliphatic rings. The van der Waals surface area contributed by atoms with Crippen LogP contribution in [0.4, 0.5) is 4.39 Å². The Labute approximate surface area is 160 Å². The number of rotatable bonds is 8. The zero-order valence-electron chi connectivity index (χ0n) is 13.6. The fourth-order valence-corrected chi connectivity index (χ4v) is 3.40. The van der Waals surface area contributed by atoms with Gasteiger partial charge in [-0.25, -0.2) is 4.39 Å². The van der Waals surface area contributed by atoms with Gasteiger partial charge in [0, 0.05) is 28.1 Å². The number of carbonyl (C=O) groups excluding carboxylic acids is 1. The van der Waals surface area contributed by atoms with Crippen molar-refractivity contribution in [2.75, 3.05) is 12.3 Å². The highest BCUT2D eigenvalue weighted by molar-refractivity contribution is 7.98. The van der Waals surface area contributed by atoms with Crippen molar-refractivity contribution in [3.63, 3.8) is 0 Å². The van der Waals surface area contributed by atoms with Gasteiger partial charge >= 0.3 is 0 Å². The van der Waals surface area contributed by atoms with Gasteiger partial charge in [-0.05, 0) is 48.9 Å². The topological polar surface area (TPSA) is 38.3 Å². The second-order valence-corrected chi connectivity index (χ2v) is 7.24. The number of benzene rings is 2. The molecule has 7 heteroatoms. The van der Waals surface area contributed by atoms with Crippen LogP contribution in [-0.2, 0) is 10.5 Å². The van der Waals surface area contributed by atoms with Crippen LogP contribution in [0.5, 0.6) is 5.75 Å². The zero-order valence-corrected chi connectivity index (χ0v) is 15.9. The largest absolute Gasteiger partial charge is 0.481 e. The lowest BCUT2D eigenvalue weighted by atomic mass is 10.2.